The molecule has 1 aromatic heterocycles. The number of halogens is 1. The molecule has 0 spiro atoms. The van der Waals surface area contributed by atoms with E-state index >= 15 is 0 Å². The molecule has 0 aliphatic carbocycles. The Morgan fingerprint density at radius 2 is 2.25 bits per heavy atom. The van der Waals surface area contributed by atoms with Crippen LogP contribution in [-0.4, -0.2) is 22.8 Å². The number of esters is 1. The number of methoxy groups -OCH3 is 1. The van der Waals surface area contributed by atoms with Gasteiger partial charge in [0.2, 0.25) is 0 Å². The minimum atomic E-state index is -3.11. The van der Waals surface area contributed by atoms with Gasteiger partial charge in [-0.25, -0.2) is 9.48 Å². The lowest BCUT2D eigenvalue weighted by atomic mass is 10.2. The van der Waals surface area contributed by atoms with Gasteiger partial charge in [-0.1, -0.05) is 0 Å². The van der Waals surface area contributed by atoms with Crippen LogP contribution in [0.4, 0.5) is 0 Å². The summed E-state index contributed by atoms with van der Waals surface area (Å²) in [6.45, 7) is 0. The molecule has 5 heteroatoms. The van der Waals surface area contributed by atoms with Crippen molar-refractivity contribution in [2.45, 2.75) is 0 Å². The molecule has 0 saturated carbocycles. The monoisotopic (exact) mass is 289 g/mol. The summed E-state index contributed by atoms with van der Waals surface area (Å²) in [5.41, 5.74) is -1.30. The molecule has 0 amide bonds. The molecule has 0 fully saturated rings. The van der Waals surface area contributed by atoms with Crippen LogP contribution in [0.5, 0.6) is 0 Å². The van der Waals surface area contributed by atoms with Gasteiger partial charge in [-0.2, -0.15) is 5.10 Å². The Balaban J connectivity index is 2.72. The van der Waals surface area contributed by atoms with E-state index in [1.54, 1.807) is 0 Å². The Morgan fingerprint density at radius 1 is 1.50 bits per heavy atom. The number of benzene rings is 1. The molecule has 4 nitrogen and oxygen atoms in total. The van der Waals surface area contributed by atoms with Gasteiger partial charge in [0, 0.05) is 6.17 Å². The number of hydrogen-bond acceptors (Lipinski definition) is 3. The van der Waals surface area contributed by atoms with Crippen molar-refractivity contribution in [1.29, 1.82) is 0 Å². The highest BCUT2D eigenvalue weighted by Crippen LogP contribution is 2.12. The average molecular weight is 290 g/mol. The number of ether oxygens (including phenoxy) is 1. The number of carbonyl (C=O) groups is 1. The molecule has 1 aromatic carbocycles. The van der Waals surface area contributed by atoms with Gasteiger partial charge in [-0.3, -0.25) is 0 Å². The van der Waals surface area contributed by atoms with Crippen LogP contribution in [0.3, 0.4) is 0 Å². The molecule has 2 aromatic rings. The van der Waals surface area contributed by atoms with Gasteiger partial charge < -0.3 is 4.74 Å². The second-order valence-corrected chi connectivity index (χ2v) is 3.30. The Morgan fingerprint density at radius 3 is 2.81 bits per heavy atom. The SMILES string of the molecule is [2H]c1c([2H])c(-n2nc(Br)c([2H])c2[2H])c([2H])c([2H])c1C(=O)OC([2H])([2H])[2H]. The van der Waals surface area contributed by atoms with Crippen LogP contribution in [0, 0.1) is 0 Å². The third-order valence-corrected chi connectivity index (χ3v) is 1.93. The van der Waals surface area contributed by atoms with E-state index in [-0.39, 0.29) is 10.6 Å². The maximum atomic E-state index is 11.9. The Hall–Kier alpha value is -1.62. The summed E-state index contributed by atoms with van der Waals surface area (Å²) in [7, 11) is -3.11. The Bertz CT molecular complexity index is 849. The standard InChI is InChI=1S/C11H9BrN2O2/c1-16-11(15)8-2-4-9(5-3-8)14-7-6-10(12)13-14/h2-7H,1H3/i1D3,2D,3D,4D,5D,6D,7D. The lowest BCUT2D eigenvalue weighted by Crippen LogP contribution is -2.01. The summed E-state index contributed by atoms with van der Waals surface area (Å²) in [4.78, 5) is 11.9. The van der Waals surface area contributed by atoms with Crippen molar-refractivity contribution >= 4 is 21.9 Å². The van der Waals surface area contributed by atoms with E-state index < -0.39 is 54.6 Å². The van der Waals surface area contributed by atoms with Crippen LogP contribution < -0.4 is 0 Å². The van der Waals surface area contributed by atoms with Crippen molar-refractivity contribution in [1.82, 2.24) is 9.78 Å². The van der Waals surface area contributed by atoms with Crippen molar-refractivity contribution < 1.29 is 21.9 Å². The lowest BCUT2D eigenvalue weighted by molar-refractivity contribution is 0.0601. The molecule has 82 valence electrons. The van der Waals surface area contributed by atoms with Crippen LogP contribution in [0.2, 0.25) is 0 Å². The minimum Gasteiger partial charge on any atom is -0.465 e. The summed E-state index contributed by atoms with van der Waals surface area (Å²) >= 11 is 2.93. The summed E-state index contributed by atoms with van der Waals surface area (Å²) in [6.07, 6.45) is -0.495. The Labute approximate surface area is 114 Å². The molecule has 2 rings (SSSR count). The maximum Gasteiger partial charge on any atom is 0.337 e. The highest BCUT2D eigenvalue weighted by molar-refractivity contribution is 9.10. The molecule has 0 N–H and O–H groups in total. The van der Waals surface area contributed by atoms with Gasteiger partial charge in [0.1, 0.15) is 4.60 Å². The number of aromatic nitrogens is 2. The first-order valence-electron chi connectivity index (χ1n) is 8.42. The Kier molecular flexibility index (Phi) is 1.21. The van der Waals surface area contributed by atoms with Gasteiger partial charge in [0.25, 0.3) is 0 Å². The van der Waals surface area contributed by atoms with Crippen molar-refractivity contribution in [2.24, 2.45) is 0 Å². The van der Waals surface area contributed by atoms with Crippen molar-refractivity contribution in [2.75, 3.05) is 7.04 Å². The fourth-order valence-electron chi connectivity index (χ4n) is 0.908. The number of rotatable bonds is 2. The molecule has 1 heterocycles. The second-order valence-electron chi connectivity index (χ2n) is 2.55. The molecule has 0 radical (unpaired) electrons. The zero-order valence-electron chi connectivity index (χ0n) is 16.6. The quantitative estimate of drug-likeness (QED) is 0.798. The summed E-state index contributed by atoms with van der Waals surface area (Å²) in [5, 5.41) is 3.76. The summed E-state index contributed by atoms with van der Waals surface area (Å²) in [6, 6.07) is -3.49. The molecular formula is C11H9BrN2O2. The van der Waals surface area contributed by atoms with Gasteiger partial charge in [-0.15, -0.1) is 0 Å². The number of carbonyl (C=O) groups excluding carboxylic acids is 1. The van der Waals surface area contributed by atoms with Crippen LogP contribution in [0.25, 0.3) is 5.69 Å². The van der Waals surface area contributed by atoms with Crippen molar-refractivity contribution in [3.63, 3.8) is 0 Å². The van der Waals surface area contributed by atoms with Crippen molar-refractivity contribution in [3.05, 3.63) is 46.6 Å². The average Bonchev–Trinajstić information content (AvgIpc) is 2.72. The third-order valence-electron chi connectivity index (χ3n) is 1.57. The van der Waals surface area contributed by atoms with Crippen LogP contribution in [-0.2, 0) is 4.74 Å². The second kappa shape index (κ2) is 4.49. The van der Waals surface area contributed by atoms with Gasteiger partial charge in [-0.05, 0) is 46.1 Å². The number of nitrogens with zero attached hydrogens (tertiary/aromatic N) is 2. The minimum absolute atomic E-state index is 0.0414. The zero-order chi connectivity index (χ0) is 19.3. The fraction of sp³-hybridized carbons (Fsp3) is 0.0909. The third kappa shape index (κ3) is 2.14. The molecule has 0 unspecified atom stereocenters. The van der Waals surface area contributed by atoms with Crippen molar-refractivity contribution in [3.8, 4) is 5.69 Å². The topological polar surface area (TPSA) is 44.1 Å². The van der Waals surface area contributed by atoms with E-state index in [1.807, 2.05) is 0 Å². The summed E-state index contributed by atoms with van der Waals surface area (Å²) in [5.74, 6) is -1.53. The summed E-state index contributed by atoms with van der Waals surface area (Å²) < 4.78 is 72.5. The normalized spacial score (nSPS) is 18.9. The lowest BCUT2D eigenvalue weighted by Gasteiger charge is -2.02. The maximum absolute atomic E-state index is 11.9. The largest absolute Gasteiger partial charge is 0.465 e. The predicted molar refractivity (Wildman–Crippen MR) is 62.6 cm³/mol. The molecule has 0 aliphatic rings. The first-order chi connectivity index (χ1) is 11.4. The highest BCUT2D eigenvalue weighted by atomic mass is 79.9. The first kappa shape index (κ1) is 4.33. The van der Waals surface area contributed by atoms with Gasteiger partial charge in [0.05, 0.1) is 30.6 Å². The van der Waals surface area contributed by atoms with E-state index in [0.29, 0.717) is 4.68 Å². The zero-order valence-corrected chi connectivity index (χ0v) is 9.17. The molecule has 16 heavy (non-hydrogen) atoms. The first-order valence-corrected chi connectivity index (χ1v) is 4.72. The smallest absolute Gasteiger partial charge is 0.337 e. The van der Waals surface area contributed by atoms with Crippen LogP contribution in [0.1, 0.15) is 22.7 Å². The van der Waals surface area contributed by atoms with E-state index in [0.717, 1.165) is 0 Å². The molecular weight excluding hydrogens is 272 g/mol. The molecule has 0 aliphatic heterocycles. The van der Waals surface area contributed by atoms with Gasteiger partial charge >= 0.3 is 5.97 Å². The van der Waals surface area contributed by atoms with E-state index in [2.05, 4.69) is 25.8 Å². The molecule has 0 atom stereocenters. The van der Waals surface area contributed by atoms with Crippen LogP contribution in [0.15, 0.2) is 41.0 Å². The number of hydrogen-bond donors (Lipinski definition) is 0. The molecule has 0 saturated heterocycles. The van der Waals surface area contributed by atoms with E-state index in [4.69, 9.17) is 12.3 Å². The fourth-order valence-corrected chi connectivity index (χ4v) is 1.15. The van der Waals surface area contributed by atoms with E-state index in [1.165, 1.54) is 0 Å². The van der Waals surface area contributed by atoms with Crippen LogP contribution >= 0.6 is 15.9 Å². The highest BCUT2D eigenvalue weighted by Gasteiger charge is 2.05. The molecule has 0 bridgehead atoms. The van der Waals surface area contributed by atoms with E-state index in [9.17, 15) is 4.79 Å². The predicted octanol–water partition coefficient (Wildman–Crippen LogP) is 2.42. The van der Waals surface area contributed by atoms with Gasteiger partial charge in [0.15, 0.2) is 0 Å².